The Morgan fingerprint density at radius 1 is 1.44 bits per heavy atom. The van der Waals surface area contributed by atoms with Gasteiger partial charge in [0, 0.05) is 0 Å². The summed E-state index contributed by atoms with van der Waals surface area (Å²) >= 11 is 5.76. The van der Waals surface area contributed by atoms with Gasteiger partial charge in [0.1, 0.15) is 5.82 Å². The molecule has 2 heterocycles. The fraction of sp³-hybridized carbons (Fsp3) is 0.400. The second kappa shape index (κ2) is 4.67. The van der Waals surface area contributed by atoms with Crippen LogP contribution in [-0.4, -0.2) is 42.2 Å². The fourth-order valence-corrected chi connectivity index (χ4v) is 1.92. The molecule has 1 saturated heterocycles. The molecule has 1 aromatic rings. The molecule has 1 aromatic heterocycles. The van der Waals surface area contributed by atoms with E-state index in [1.165, 1.54) is 0 Å². The van der Waals surface area contributed by atoms with Gasteiger partial charge in [0.15, 0.2) is 5.69 Å². The Labute approximate surface area is 98.0 Å². The van der Waals surface area contributed by atoms with Crippen molar-refractivity contribution in [3.05, 3.63) is 22.8 Å². The summed E-state index contributed by atoms with van der Waals surface area (Å²) in [5, 5.41) is 11.3. The molecule has 0 amide bonds. The second-order valence-corrected chi connectivity index (χ2v) is 4.07. The first kappa shape index (κ1) is 11.2. The monoisotopic (exact) mass is 242 g/mol. The lowest BCUT2D eigenvalue weighted by Gasteiger charge is -2.26. The van der Waals surface area contributed by atoms with Crippen LogP contribution < -0.4 is 10.2 Å². The molecule has 86 valence electrons. The molecule has 0 radical (unpaired) electrons. The minimum Gasteiger partial charge on any atom is -0.476 e. The number of hydrogen-bond acceptors (Lipinski definition) is 3. The van der Waals surface area contributed by atoms with Crippen molar-refractivity contribution in [3.8, 4) is 0 Å². The van der Waals surface area contributed by atoms with E-state index in [1.54, 1.807) is 12.1 Å². The van der Waals surface area contributed by atoms with Gasteiger partial charge in [-0.1, -0.05) is 11.6 Å². The molecule has 0 aliphatic carbocycles. The van der Waals surface area contributed by atoms with E-state index in [1.807, 2.05) is 0 Å². The first-order valence-electron chi connectivity index (χ1n) is 5.15. The predicted molar refractivity (Wildman–Crippen MR) is 60.1 cm³/mol. The average molecular weight is 243 g/mol. The lowest BCUT2D eigenvalue weighted by molar-refractivity contribution is -0.655. The number of carbonyl (C=O) groups is 1. The molecular formula is C10H13ClN3O2+. The topological polar surface area (TPSA) is 70.0 Å². The highest BCUT2D eigenvalue weighted by Gasteiger charge is 2.17. The number of piperazine rings is 1. The molecule has 1 fully saturated rings. The van der Waals surface area contributed by atoms with Crippen LogP contribution in [0.25, 0.3) is 0 Å². The highest BCUT2D eigenvalue weighted by Crippen LogP contribution is 2.19. The highest BCUT2D eigenvalue weighted by atomic mass is 35.5. The van der Waals surface area contributed by atoms with Crippen LogP contribution in [0.5, 0.6) is 0 Å². The van der Waals surface area contributed by atoms with Crippen LogP contribution in [0.15, 0.2) is 12.1 Å². The lowest BCUT2D eigenvalue weighted by atomic mass is 10.3. The first-order valence-corrected chi connectivity index (χ1v) is 5.53. The Balaban J connectivity index is 2.27. The molecule has 0 bridgehead atoms. The lowest BCUT2D eigenvalue weighted by Crippen LogP contribution is -2.89. The van der Waals surface area contributed by atoms with Gasteiger partial charge in [0.05, 0.1) is 31.2 Å². The van der Waals surface area contributed by atoms with Crippen molar-refractivity contribution >= 4 is 23.4 Å². The number of nitrogens with zero attached hydrogens (tertiary/aromatic N) is 2. The van der Waals surface area contributed by atoms with Crippen LogP contribution in [0.1, 0.15) is 10.5 Å². The Hall–Kier alpha value is -1.33. The SMILES string of the molecule is O=C(O)c1nc(N2CC[NH2+]CC2)ccc1Cl. The number of hydrogen-bond donors (Lipinski definition) is 2. The van der Waals surface area contributed by atoms with E-state index in [2.05, 4.69) is 15.2 Å². The van der Waals surface area contributed by atoms with Crippen LogP contribution in [0, 0.1) is 0 Å². The standard InChI is InChI=1S/C10H12ClN3O2/c11-7-1-2-8(13-9(7)10(15)16)14-5-3-12-4-6-14/h1-2,12H,3-6H2,(H,15,16)/p+1. The Morgan fingerprint density at radius 2 is 2.12 bits per heavy atom. The van der Waals surface area contributed by atoms with Gasteiger partial charge in [-0.25, -0.2) is 9.78 Å². The summed E-state index contributed by atoms with van der Waals surface area (Å²) in [6, 6.07) is 3.35. The highest BCUT2D eigenvalue weighted by molar-refractivity contribution is 6.33. The van der Waals surface area contributed by atoms with Crippen LogP contribution in [0.3, 0.4) is 0 Å². The van der Waals surface area contributed by atoms with Crippen molar-refractivity contribution in [2.24, 2.45) is 0 Å². The number of nitrogens with two attached hydrogens (primary N) is 1. The zero-order valence-corrected chi connectivity index (χ0v) is 9.44. The molecule has 0 saturated carbocycles. The van der Waals surface area contributed by atoms with Crippen molar-refractivity contribution in [2.45, 2.75) is 0 Å². The predicted octanol–water partition coefficient (Wildman–Crippen LogP) is -0.183. The molecule has 0 unspecified atom stereocenters. The van der Waals surface area contributed by atoms with Crippen LogP contribution in [-0.2, 0) is 0 Å². The smallest absolute Gasteiger partial charge is 0.356 e. The third-order valence-electron chi connectivity index (χ3n) is 2.56. The molecule has 6 heteroatoms. The van der Waals surface area contributed by atoms with E-state index < -0.39 is 5.97 Å². The number of quaternary nitrogens is 1. The van der Waals surface area contributed by atoms with E-state index in [0.717, 1.165) is 26.2 Å². The molecule has 0 spiro atoms. The van der Waals surface area contributed by atoms with Crippen LogP contribution in [0.4, 0.5) is 5.82 Å². The third-order valence-corrected chi connectivity index (χ3v) is 2.87. The van der Waals surface area contributed by atoms with E-state index in [0.29, 0.717) is 5.82 Å². The average Bonchev–Trinajstić information content (AvgIpc) is 2.30. The number of rotatable bonds is 2. The molecule has 0 aromatic carbocycles. The summed E-state index contributed by atoms with van der Waals surface area (Å²) in [5.74, 6) is -0.398. The zero-order chi connectivity index (χ0) is 11.5. The van der Waals surface area contributed by atoms with Gasteiger partial charge in [-0.3, -0.25) is 0 Å². The molecular weight excluding hydrogens is 230 g/mol. The van der Waals surface area contributed by atoms with E-state index in [9.17, 15) is 4.79 Å². The van der Waals surface area contributed by atoms with Crippen LogP contribution in [0.2, 0.25) is 5.02 Å². The number of carboxylic acids is 1. The molecule has 3 N–H and O–H groups in total. The number of halogens is 1. The summed E-state index contributed by atoms with van der Waals surface area (Å²) in [6.45, 7) is 3.78. The summed E-state index contributed by atoms with van der Waals surface area (Å²) in [6.07, 6.45) is 0. The van der Waals surface area contributed by atoms with Gasteiger partial charge in [-0.05, 0) is 12.1 Å². The Morgan fingerprint density at radius 3 is 2.75 bits per heavy atom. The Bertz CT molecular complexity index is 405. The van der Waals surface area contributed by atoms with E-state index >= 15 is 0 Å². The largest absolute Gasteiger partial charge is 0.476 e. The normalized spacial score (nSPS) is 16.2. The van der Waals surface area contributed by atoms with Crippen molar-refractivity contribution in [1.29, 1.82) is 0 Å². The minimum absolute atomic E-state index is 0.0753. The van der Waals surface area contributed by atoms with Crippen molar-refractivity contribution in [3.63, 3.8) is 0 Å². The summed E-state index contributed by atoms with van der Waals surface area (Å²) in [5.41, 5.74) is -0.0753. The maximum absolute atomic E-state index is 10.9. The van der Waals surface area contributed by atoms with Gasteiger partial charge in [0.2, 0.25) is 0 Å². The number of anilines is 1. The second-order valence-electron chi connectivity index (χ2n) is 3.66. The summed E-state index contributed by atoms with van der Waals surface area (Å²) in [7, 11) is 0. The van der Waals surface area contributed by atoms with Gasteiger partial charge < -0.3 is 15.3 Å². The van der Waals surface area contributed by atoms with Crippen molar-refractivity contribution < 1.29 is 15.2 Å². The van der Waals surface area contributed by atoms with Gasteiger partial charge in [-0.2, -0.15) is 0 Å². The zero-order valence-electron chi connectivity index (χ0n) is 8.69. The van der Waals surface area contributed by atoms with E-state index in [4.69, 9.17) is 16.7 Å². The summed E-state index contributed by atoms with van der Waals surface area (Å²) in [4.78, 5) is 17.0. The maximum atomic E-state index is 10.9. The molecule has 2 rings (SSSR count). The molecule has 0 atom stereocenters. The van der Waals surface area contributed by atoms with Crippen molar-refractivity contribution in [2.75, 3.05) is 31.1 Å². The molecule has 1 aliphatic heterocycles. The van der Waals surface area contributed by atoms with Gasteiger partial charge >= 0.3 is 5.97 Å². The Kier molecular flexibility index (Phi) is 3.26. The van der Waals surface area contributed by atoms with E-state index in [-0.39, 0.29) is 10.7 Å². The number of aromatic carboxylic acids is 1. The first-order chi connectivity index (χ1) is 7.68. The molecule has 5 nitrogen and oxygen atoms in total. The fourth-order valence-electron chi connectivity index (χ4n) is 1.74. The molecule has 16 heavy (non-hydrogen) atoms. The molecule has 1 aliphatic rings. The number of aromatic nitrogens is 1. The number of pyridine rings is 1. The maximum Gasteiger partial charge on any atom is 0.356 e. The summed E-state index contributed by atoms with van der Waals surface area (Å²) < 4.78 is 0. The third kappa shape index (κ3) is 2.25. The number of carboxylic acid groups (broad SMARTS) is 1. The van der Waals surface area contributed by atoms with Crippen LogP contribution >= 0.6 is 11.6 Å². The van der Waals surface area contributed by atoms with Crippen molar-refractivity contribution in [1.82, 2.24) is 4.98 Å². The van der Waals surface area contributed by atoms with Gasteiger partial charge in [-0.15, -0.1) is 0 Å². The quantitative estimate of drug-likeness (QED) is 0.755. The van der Waals surface area contributed by atoms with Gasteiger partial charge in [0.25, 0.3) is 0 Å². The minimum atomic E-state index is -1.09.